The van der Waals surface area contributed by atoms with Gasteiger partial charge in [0.15, 0.2) is 28.9 Å². The van der Waals surface area contributed by atoms with E-state index in [0.717, 1.165) is 116 Å². The van der Waals surface area contributed by atoms with Crippen molar-refractivity contribution in [2.45, 2.75) is 101 Å². The van der Waals surface area contributed by atoms with Crippen molar-refractivity contribution in [1.29, 1.82) is 0 Å². The maximum absolute atomic E-state index is 11.9. The Morgan fingerprint density at radius 1 is 0.746 bits per heavy atom. The van der Waals surface area contributed by atoms with Gasteiger partial charge in [0.05, 0.1) is 6.61 Å². The second-order valence-corrected chi connectivity index (χ2v) is 18.3. The average Bonchev–Trinajstić information content (AvgIpc) is 4.07. The van der Waals surface area contributed by atoms with Crippen LogP contribution in [0, 0.1) is 0 Å². The molecule has 8 rings (SSSR count). The molecule has 5 aromatic rings. The maximum atomic E-state index is 11.9. The Kier molecular flexibility index (Phi) is 16.6. The number of ketones is 1. The van der Waals surface area contributed by atoms with Gasteiger partial charge >= 0.3 is 0 Å². The van der Waals surface area contributed by atoms with Crippen molar-refractivity contribution in [1.82, 2.24) is 9.97 Å². The number of pyridine rings is 2. The molecule has 3 aromatic carbocycles. The number of benzene rings is 3. The lowest BCUT2D eigenvalue weighted by atomic mass is 9.88. The number of aryl methyl sites for hydroxylation is 2. The molecule has 0 spiro atoms. The van der Waals surface area contributed by atoms with Crippen molar-refractivity contribution in [3.05, 3.63) is 133 Å². The molecule has 0 N–H and O–H groups in total. The molecule has 0 saturated heterocycles. The van der Waals surface area contributed by atoms with Crippen LogP contribution in [0.3, 0.4) is 0 Å². The highest BCUT2D eigenvalue weighted by Crippen LogP contribution is 2.42. The van der Waals surface area contributed by atoms with E-state index < -0.39 is 0 Å². The van der Waals surface area contributed by atoms with Gasteiger partial charge in [-0.1, -0.05) is 63.1 Å². The summed E-state index contributed by atoms with van der Waals surface area (Å²) in [6.45, 7) is 6.97. The number of hydrogen-bond acceptors (Lipinski definition) is 11. The molecule has 13 heteroatoms. The Hall–Kier alpha value is -4.43. The number of halogens is 2. The molecule has 2 aromatic heterocycles. The Balaban J connectivity index is 0.000000206. The second-order valence-electron chi connectivity index (χ2n) is 15.9. The molecular formula is C50H55Br2N3O7S. The predicted octanol–water partition coefficient (Wildman–Crippen LogP) is 12.4. The molecule has 3 aliphatic rings. The topological polar surface area (TPSA) is 111 Å². The van der Waals surface area contributed by atoms with Crippen molar-refractivity contribution in [2.75, 3.05) is 33.6 Å². The van der Waals surface area contributed by atoms with Crippen LogP contribution in [0.15, 0.2) is 104 Å². The molecule has 0 aliphatic carbocycles. The van der Waals surface area contributed by atoms with Gasteiger partial charge in [-0.2, -0.15) is 0 Å². The summed E-state index contributed by atoms with van der Waals surface area (Å²) in [5.74, 6) is 3.77. The lowest BCUT2D eigenvalue weighted by Gasteiger charge is -2.21. The number of unbranched alkanes of at least 4 members (excludes halogenated alkanes) is 2. The molecule has 63 heavy (non-hydrogen) atoms. The zero-order chi connectivity index (χ0) is 44.3. The van der Waals surface area contributed by atoms with Gasteiger partial charge in [0.2, 0.25) is 13.6 Å². The first-order valence-electron chi connectivity index (χ1n) is 21.6. The fourth-order valence-corrected chi connectivity index (χ4v) is 9.68. The maximum Gasteiger partial charge on any atom is 0.231 e. The number of ether oxygens (including phenoxy) is 6. The van der Waals surface area contributed by atoms with E-state index in [1.807, 2.05) is 24.3 Å². The Morgan fingerprint density at radius 2 is 1.29 bits per heavy atom. The van der Waals surface area contributed by atoms with Gasteiger partial charge in [0, 0.05) is 48.1 Å². The van der Waals surface area contributed by atoms with Crippen LogP contribution in [0.2, 0.25) is 0 Å². The van der Waals surface area contributed by atoms with Crippen LogP contribution >= 0.6 is 43.6 Å². The summed E-state index contributed by atoms with van der Waals surface area (Å²) in [5, 5.41) is 0. The quantitative estimate of drug-likeness (QED) is 0.0621. The molecule has 0 fully saturated rings. The number of methoxy groups -OCH3 is 1. The first kappa shape index (κ1) is 46.6. The number of fused-ring (bicyclic) bond motifs is 2. The van der Waals surface area contributed by atoms with Gasteiger partial charge in [0.25, 0.3) is 0 Å². The minimum absolute atomic E-state index is 0.0360. The molecule has 0 amide bonds. The third kappa shape index (κ3) is 11.8. The highest BCUT2D eigenvalue weighted by Gasteiger charge is 2.35. The van der Waals surface area contributed by atoms with Crippen molar-refractivity contribution in [3.8, 4) is 23.0 Å². The number of aliphatic imine (C=N–C) groups is 1. The van der Waals surface area contributed by atoms with Crippen LogP contribution in [-0.2, 0) is 27.1 Å². The molecular weight excluding hydrogens is 946 g/mol. The van der Waals surface area contributed by atoms with E-state index in [1.54, 1.807) is 25.8 Å². The number of aromatic nitrogens is 2. The van der Waals surface area contributed by atoms with Gasteiger partial charge in [-0.05, 0) is 147 Å². The van der Waals surface area contributed by atoms with Crippen molar-refractivity contribution in [3.63, 3.8) is 0 Å². The molecule has 0 unspecified atom stereocenters. The molecule has 332 valence electrons. The van der Waals surface area contributed by atoms with Gasteiger partial charge in [0.1, 0.15) is 27.1 Å². The normalized spacial score (nSPS) is 16.8. The summed E-state index contributed by atoms with van der Waals surface area (Å²) in [5.41, 5.74) is 7.51. The van der Waals surface area contributed by atoms with Crippen molar-refractivity contribution >= 4 is 55.3 Å². The van der Waals surface area contributed by atoms with Crippen LogP contribution in [0.4, 0.5) is 0 Å². The summed E-state index contributed by atoms with van der Waals surface area (Å²) in [6.07, 6.45) is 9.38. The summed E-state index contributed by atoms with van der Waals surface area (Å²) >= 11 is 9.12. The van der Waals surface area contributed by atoms with Crippen LogP contribution in [0.25, 0.3) is 0 Å². The fraction of sp³-hybridized carbons (Fsp3) is 0.400. The van der Waals surface area contributed by atoms with Gasteiger partial charge < -0.3 is 28.4 Å². The van der Waals surface area contributed by atoms with E-state index >= 15 is 0 Å². The molecule has 0 bridgehead atoms. The van der Waals surface area contributed by atoms with Crippen LogP contribution in [0.5, 0.6) is 23.0 Å². The average molecular weight is 1000 g/mol. The molecule has 10 nitrogen and oxygen atoms in total. The number of carbonyl (C=O) groups excluding carboxylic acids is 1. The Labute approximate surface area is 392 Å². The van der Waals surface area contributed by atoms with Crippen molar-refractivity contribution < 1.29 is 33.2 Å². The monoisotopic (exact) mass is 999 g/mol. The minimum atomic E-state index is -0.184. The minimum Gasteiger partial charge on any atom is -0.471 e. The summed E-state index contributed by atoms with van der Waals surface area (Å²) in [4.78, 5) is 27.7. The molecule has 4 atom stereocenters. The van der Waals surface area contributed by atoms with Crippen molar-refractivity contribution in [2.24, 2.45) is 4.99 Å². The van der Waals surface area contributed by atoms with Crippen LogP contribution in [-0.4, -0.2) is 61.2 Å². The number of nitrogens with zero attached hydrogens (tertiary/aromatic N) is 3. The smallest absolute Gasteiger partial charge is 0.231 e. The second kappa shape index (κ2) is 22.5. The van der Waals surface area contributed by atoms with E-state index in [2.05, 4.69) is 118 Å². The number of carbonyl (C=O) groups is 1. The van der Waals surface area contributed by atoms with E-state index in [9.17, 15) is 4.79 Å². The standard InChI is InChI=1S/C30H33BrN2O4S.C20H22BrNO3/c1-4-5-6-21-10-13-23(30(31)32-21)24(20-9-14-26-27(15-20)36-18-35-26)16-28-33-25(17-34-2)29(37-28)19-7-11-22(38-3)12-8-19;1-3-4-5-15-7-8-16(20(21)22-15)17(10-13(2)23)14-6-9-18-19(11-14)25-12-24-18/h7-15,24-25,29H,4-6,16-18H2,1-3H3;6-9,11,17H,3-5,10,12H2,1-2H3/t24-,25-,29-;17-/m00/s1. The summed E-state index contributed by atoms with van der Waals surface area (Å²) in [6, 6.07) is 28.9. The molecule has 0 saturated carbocycles. The highest BCUT2D eigenvalue weighted by molar-refractivity contribution is 9.10. The number of thioether (sulfide) groups is 1. The van der Waals surface area contributed by atoms with Gasteiger partial charge in [-0.3, -0.25) is 4.79 Å². The SMILES string of the molecule is CCCCc1ccc([C@@H](CC(C)=O)c2ccc3c(c2)OCO3)c(Br)n1.CCCCc1ccc([C@@H](CC2=N[C@@H](COC)[C@H](c3ccc(SC)cc3)O2)c2ccc3c(c2)OCO3)c(Br)n1. The highest BCUT2D eigenvalue weighted by atomic mass is 79.9. The third-order valence-electron chi connectivity index (χ3n) is 11.4. The molecule has 3 aliphatic heterocycles. The fourth-order valence-electron chi connectivity index (χ4n) is 8.00. The van der Waals surface area contributed by atoms with Crippen LogP contribution in [0.1, 0.15) is 116 Å². The van der Waals surface area contributed by atoms with E-state index in [4.69, 9.17) is 38.4 Å². The number of hydrogen-bond donors (Lipinski definition) is 0. The largest absolute Gasteiger partial charge is 0.471 e. The lowest BCUT2D eigenvalue weighted by molar-refractivity contribution is -0.117. The van der Waals surface area contributed by atoms with E-state index in [-0.39, 0.29) is 43.4 Å². The van der Waals surface area contributed by atoms with E-state index in [1.165, 1.54) is 4.90 Å². The Morgan fingerprint density at radius 3 is 1.79 bits per heavy atom. The summed E-state index contributed by atoms with van der Waals surface area (Å²) < 4.78 is 35.9. The Bertz CT molecular complexity index is 2380. The zero-order valence-electron chi connectivity index (χ0n) is 36.5. The predicted molar refractivity (Wildman–Crippen MR) is 255 cm³/mol. The number of Topliss-reactive ketones (excluding diaryl/α,β-unsaturated/α-hetero) is 1. The lowest BCUT2D eigenvalue weighted by Crippen LogP contribution is -2.19. The zero-order valence-corrected chi connectivity index (χ0v) is 40.5. The molecule has 0 radical (unpaired) electrons. The molecule has 5 heterocycles. The summed E-state index contributed by atoms with van der Waals surface area (Å²) in [7, 11) is 1.71. The first-order chi connectivity index (χ1) is 30.7. The van der Waals surface area contributed by atoms with Gasteiger partial charge in [-0.15, -0.1) is 11.8 Å². The number of rotatable bonds is 18. The third-order valence-corrected chi connectivity index (χ3v) is 13.4. The van der Waals surface area contributed by atoms with E-state index in [0.29, 0.717) is 19.4 Å². The van der Waals surface area contributed by atoms with Gasteiger partial charge in [-0.25, -0.2) is 15.0 Å². The first-order valence-corrected chi connectivity index (χ1v) is 24.4. The van der Waals surface area contributed by atoms with Crippen LogP contribution < -0.4 is 18.9 Å².